The molecule has 1 saturated carbocycles. The van der Waals surface area contributed by atoms with E-state index >= 15 is 0 Å². The van der Waals surface area contributed by atoms with Crippen LogP contribution >= 0.6 is 11.6 Å². The fourth-order valence-corrected chi connectivity index (χ4v) is 4.98. The van der Waals surface area contributed by atoms with Crippen molar-refractivity contribution < 1.29 is 0 Å². The van der Waals surface area contributed by atoms with Gasteiger partial charge in [0.2, 0.25) is 0 Å². The highest BCUT2D eigenvalue weighted by Gasteiger charge is 2.45. The Morgan fingerprint density at radius 2 is 1.65 bits per heavy atom. The molecule has 20 heavy (non-hydrogen) atoms. The number of hydrogen-bond donors (Lipinski definition) is 1. The van der Waals surface area contributed by atoms with Gasteiger partial charge in [-0.25, -0.2) is 0 Å². The van der Waals surface area contributed by atoms with Gasteiger partial charge in [0.05, 0.1) is 5.69 Å². The van der Waals surface area contributed by atoms with Crippen molar-refractivity contribution in [1.29, 1.82) is 0 Å². The molecule has 1 aliphatic rings. The minimum absolute atomic E-state index is 0.192. The zero-order valence-electron chi connectivity index (χ0n) is 13.7. The average Bonchev–Trinajstić information content (AvgIpc) is 2.39. The molecule has 1 aliphatic carbocycles. The third-order valence-corrected chi connectivity index (χ3v) is 4.89. The van der Waals surface area contributed by atoms with Crippen LogP contribution in [-0.2, 0) is 13.5 Å². The number of nitrogens with zero attached hydrogens (tertiary/aromatic N) is 2. The number of nitrogens with two attached hydrogens (primary N) is 1. The molecule has 0 aromatic carbocycles. The summed E-state index contributed by atoms with van der Waals surface area (Å²) in [6, 6.07) is 0. The maximum atomic E-state index is 6.79. The zero-order valence-corrected chi connectivity index (χ0v) is 14.4. The van der Waals surface area contributed by atoms with Crippen LogP contribution in [0.2, 0.25) is 5.15 Å². The first-order valence-corrected chi connectivity index (χ1v) is 7.78. The van der Waals surface area contributed by atoms with Crippen molar-refractivity contribution in [2.24, 2.45) is 23.6 Å². The first-order valence-electron chi connectivity index (χ1n) is 7.40. The first kappa shape index (κ1) is 15.8. The number of hydrogen-bond acceptors (Lipinski definition) is 2. The van der Waals surface area contributed by atoms with E-state index in [9.17, 15) is 0 Å². The minimum Gasteiger partial charge on any atom is -0.325 e. The number of aromatic nitrogens is 2. The highest BCUT2D eigenvalue weighted by molar-refractivity contribution is 6.30. The molecule has 1 heterocycles. The van der Waals surface area contributed by atoms with Crippen LogP contribution in [0.4, 0.5) is 0 Å². The molecule has 0 saturated heterocycles. The lowest BCUT2D eigenvalue weighted by Crippen LogP contribution is -2.53. The van der Waals surface area contributed by atoms with Gasteiger partial charge in [-0.15, -0.1) is 0 Å². The summed E-state index contributed by atoms with van der Waals surface area (Å²) in [5.41, 5.74) is 9.27. The maximum Gasteiger partial charge on any atom is 0.130 e. The Balaban J connectivity index is 2.31. The predicted molar refractivity (Wildman–Crippen MR) is 85.0 cm³/mol. The second-order valence-electron chi connectivity index (χ2n) is 8.38. The lowest BCUT2D eigenvalue weighted by atomic mass is 9.57. The Labute approximate surface area is 127 Å². The zero-order chi connectivity index (χ0) is 15.3. The van der Waals surface area contributed by atoms with Gasteiger partial charge in [0.25, 0.3) is 0 Å². The van der Waals surface area contributed by atoms with Crippen LogP contribution in [0.25, 0.3) is 0 Å². The monoisotopic (exact) mass is 297 g/mol. The summed E-state index contributed by atoms with van der Waals surface area (Å²) < 4.78 is 1.74. The highest BCUT2D eigenvalue weighted by atomic mass is 35.5. The van der Waals surface area contributed by atoms with Crippen LogP contribution in [0.1, 0.15) is 58.2 Å². The summed E-state index contributed by atoms with van der Waals surface area (Å²) in [6.07, 6.45) is 4.11. The van der Waals surface area contributed by atoms with Crippen molar-refractivity contribution in [3.05, 3.63) is 16.4 Å². The molecule has 0 bridgehead atoms. The molecule has 0 amide bonds. The molecule has 2 N–H and O–H groups in total. The summed E-state index contributed by atoms with van der Waals surface area (Å²) >= 11 is 6.38. The van der Waals surface area contributed by atoms with Gasteiger partial charge in [-0.2, -0.15) is 5.10 Å². The molecule has 1 fully saturated rings. The lowest BCUT2D eigenvalue weighted by molar-refractivity contribution is 0.0486. The number of aryl methyl sites for hydroxylation is 2. The van der Waals surface area contributed by atoms with Gasteiger partial charge in [-0.3, -0.25) is 4.68 Å². The number of halogens is 1. The van der Waals surface area contributed by atoms with E-state index in [0.29, 0.717) is 0 Å². The van der Waals surface area contributed by atoms with Gasteiger partial charge in [0.1, 0.15) is 5.15 Å². The molecule has 2 rings (SSSR count). The Morgan fingerprint density at radius 1 is 1.15 bits per heavy atom. The van der Waals surface area contributed by atoms with E-state index in [2.05, 4.69) is 32.8 Å². The van der Waals surface area contributed by atoms with Gasteiger partial charge < -0.3 is 5.73 Å². The van der Waals surface area contributed by atoms with Gasteiger partial charge in [-0.1, -0.05) is 39.3 Å². The molecule has 0 radical (unpaired) electrons. The van der Waals surface area contributed by atoms with Crippen molar-refractivity contribution in [1.82, 2.24) is 9.78 Å². The van der Waals surface area contributed by atoms with Crippen LogP contribution in [0.3, 0.4) is 0 Å². The van der Waals surface area contributed by atoms with E-state index in [1.54, 1.807) is 4.68 Å². The summed E-state index contributed by atoms with van der Waals surface area (Å²) in [7, 11) is 1.89. The summed E-state index contributed by atoms with van der Waals surface area (Å²) in [5, 5.41) is 5.14. The fourth-order valence-electron chi connectivity index (χ4n) is 4.74. The quantitative estimate of drug-likeness (QED) is 0.901. The van der Waals surface area contributed by atoms with Crippen LogP contribution in [0.15, 0.2) is 0 Å². The van der Waals surface area contributed by atoms with Crippen LogP contribution < -0.4 is 5.73 Å². The molecule has 3 nitrogen and oxygen atoms in total. The van der Waals surface area contributed by atoms with E-state index in [4.69, 9.17) is 17.3 Å². The molecular formula is C16H28ClN3. The maximum absolute atomic E-state index is 6.79. The summed E-state index contributed by atoms with van der Waals surface area (Å²) in [5.74, 6) is 0. The van der Waals surface area contributed by atoms with Gasteiger partial charge >= 0.3 is 0 Å². The van der Waals surface area contributed by atoms with E-state index in [1.807, 2.05) is 14.0 Å². The summed E-state index contributed by atoms with van der Waals surface area (Å²) in [4.78, 5) is 0. The molecule has 0 aliphatic heterocycles. The molecule has 0 spiro atoms. The molecule has 1 aromatic heterocycles. The van der Waals surface area contributed by atoms with Crippen LogP contribution in [0.5, 0.6) is 0 Å². The second-order valence-corrected chi connectivity index (χ2v) is 8.73. The van der Waals surface area contributed by atoms with Crippen molar-refractivity contribution in [3.8, 4) is 0 Å². The SMILES string of the molecule is Cc1nn(C)c(Cl)c1CC1(N)CC(C)(C)CC(C)(C)C1. The third kappa shape index (κ3) is 3.20. The Bertz CT molecular complexity index is 498. The van der Waals surface area contributed by atoms with Gasteiger partial charge in [0, 0.05) is 18.2 Å². The molecule has 1 aromatic rings. The second kappa shape index (κ2) is 4.74. The normalized spacial score (nSPS) is 23.8. The van der Waals surface area contributed by atoms with Crippen molar-refractivity contribution in [2.45, 2.75) is 65.8 Å². The lowest BCUT2D eigenvalue weighted by Gasteiger charge is -2.50. The molecular weight excluding hydrogens is 270 g/mol. The standard InChI is InChI=1S/C16H28ClN3/c1-11-12(13(17)20(6)19-11)7-16(18)9-14(2,3)8-15(4,5)10-16/h7-10,18H2,1-6H3. The van der Waals surface area contributed by atoms with E-state index in [0.717, 1.165) is 35.7 Å². The van der Waals surface area contributed by atoms with Crippen LogP contribution in [0, 0.1) is 17.8 Å². The summed E-state index contributed by atoms with van der Waals surface area (Å²) in [6.45, 7) is 11.3. The van der Waals surface area contributed by atoms with E-state index in [-0.39, 0.29) is 16.4 Å². The Morgan fingerprint density at radius 3 is 2.05 bits per heavy atom. The van der Waals surface area contributed by atoms with Crippen molar-refractivity contribution in [2.75, 3.05) is 0 Å². The smallest absolute Gasteiger partial charge is 0.130 e. The number of rotatable bonds is 2. The highest BCUT2D eigenvalue weighted by Crippen LogP contribution is 2.50. The Kier molecular flexibility index (Phi) is 3.75. The predicted octanol–water partition coefficient (Wildman–Crippen LogP) is 3.86. The van der Waals surface area contributed by atoms with Crippen molar-refractivity contribution >= 4 is 11.6 Å². The minimum atomic E-state index is -0.192. The van der Waals surface area contributed by atoms with Crippen molar-refractivity contribution in [3.63, 3.8) is 0 Å². The van der Waals surface area contributed by atoms with Gasteiger partial charge in [0.15, 0.2) is 0 Å². The van der Waals surface area contributed by atoms with E-state index < -0.39 is 0 Å². The first-order chi connectivity index (χ1) is 8.93. The van der Waals surface area contributed by atoms with Crippen LogP contribution in [-0.4, -0.2) is 15.3 Å². The molecule has 4 heteroatoms. The largest absolute Gasteiger partial charge is 0.325 e. The molecule has 0 atom stereocenters. The Hall–Kier alpha value is -0.540. The third-order valence-electron chi connectivity index (χ3n) is 4.42. The fraction of sp³-hybridized carbons (Fsp3) is 0.812. The van der Waals surface area contributed by atoms with Gasteiger partial charge in [-0.05, 0) is 43.4 Å². The average molecular weight is 298 g/mol. The molecule has 0 unspecified atom stereocenters. The van der Waals surface area contributed by atoms with E-state index in [1.165, 1.54) is 6.42 Å². The topological polar surface area (TPSA) is 43.8 Å². The molecule has 114 valence electrons.